The molecule has 0 aliphatic rings. The molecule has 1 unspecified atom stereocenters. The molecule has 1 atom stereocenters. The van der Waals surface area contributed by atoms with Crippen LogP contribution in [0.3, 0.4) is 0 Å². The van der Waals surface area contributed by atoms with Crippen LogP contribution in [0, 0.1) is 5.82 Å². The van der Waals surface area contributed by atoms with Gasteiger partial charge in [-0.15, -0.1) is 24.0 Å². The fourth-order valence-electron chi connectivity index (χ4n) is 2.10. The molecule has 25 heavy (non-hydrogen) atoms. The van der Waals surface area contributed by atoms with Gasteiger partial charge in [-0.3, -0.25) is 0 Å². The molecular weight excluding hydrogens is 456 g/mol. The van der Waals surface area contributed by atoms with Gasteiger partial charge in [-0.1, -0.05) is 35.9 Å². The predicted molar refractivity (Wildman–Crippen MR) is 111 cm³/mol. The molecule has 2 rings (SSSR count). The topological polar surface area (TPSA) is 56.7 Å². The molecule has 0 aliphatic carbocycles. The number of hydrogen-bond acceptors (Lipinski definition) is 2. The lowest BCUT2D eigenvalue weighted by Crippen LogP contribution is -2.39. The number of halogens is 3. The SMILES string of the molecule is CCNC(=NCc1ccc(F)cc1)NCC(O)c1ccc(Cl)cc1.I. The van der Waals surface area contributed by atoms with Crippen LogP contribution < -0.4 is 10.6 Å². The summed E-state index contributed by atoms with van der Waals surface area (Å²) < 4.78 is 12.9. The monoisotopic (exact) mass is 477 g/mol. The van der Waals surface area contributed by atoms with Gasteiger partial charge in [-0.25, -0.2) is 9.38 Å². The summed E-state index contributed by atoms with van der Waals surface area (Å²) in [5.74, 6) is 0.327. The van der Waals surface area contributed by atoms with Gasteiger partial charge in [0.05, 0.1) is 12.6 Å². The van der Waals surface area contributed by atoms with E-state index in [0.717, 1.165) is 11.1 Å². The lowest BCUT2D eigenvalue weighted by Gasteiger charge is -2.15. The van der Waals surface area contributed by atoms with E-state index in [4.69, 9.17) is 11.6 Å². The maximum absolute atomic E-state index is 12.9. The van der Waals surface area contributed by atoms with E-state index in [2.05, 4.69) is 15.6 Å². The molecule has 0 aromatic heterocycles. The van der Waals surface area contributed by atoms with Crippen molar-refractivity contribution < 1.29 is 9.50 Å². The van der Waals surface area contributed by atoms with Gasteiger partial charge >= 0.3 is 0 Å². The number of nitrogens with zero attached hydrogens (tertiary/aromatic N) is 1. The normalized spacial score (nSPS) is 12.2. The van der Waals surface area contributed by atoms with Gasteiger partial charge in [0, 0.05) is 18.1 Å². The van der Waals surface area contributed by atoms with Crippen molar-refractivity contribution in [2.75, 3.05) is 13.1 Å². The van der Waals surface area contributed by atoms with E-state index >= 15 is 0 Å². The van der Waals surface area contributed by atoms with Crippen LogP contribution in [0.1, 0.15) is 24.2 Å². The second-order valence-corrected chi connectivity index (χ2v) is 5.71. The van der Waals surface area contributed by atoms with Crippen molar-refractivity contribution in [3.05, 3.63) is 70.5 Å². The van der Waals surface area contributed by atoms with E-state index in [9.17, 15) is 9.50 Å². The molecule has 0 fully saturated rings. The van der Waals surface area contributed by atoms with Crippen LogP contribution in [0.15, 0.2) is 53.5 Å². The van der Waals surface area contributed by atoms with Crippen LogP contribution in [0.5, 0.6) is 0 Å². The van der Waals surface area contributed by atoms with Gasteiger partial charge in [0.2, 0.25) is 0 Å². The Balaban J connectivity index is 0.00000312. The first-order chi connectivity index (χ1) is 11.6. The van der Waals surface area contributed by atoms with Crippen molar-refractivity contribution in [1.82, 2.24) is 10.6 Å². The fourth-order valence-corrected chi connectivity index (χ4v) is 2.22. The van der Waals surface area contributed by atoms with Crippen LogP contribution in [-0.4, -0.2) is 24.2 Å². The lowest BCUT2D eigenvalue weighted by molar-refractivity contribution is 0.181. The molecule has 2 aromatic rings. The van der Waals surface area contributed by atoms with Gasteiger partial charge in [-0.05, 0) is 42.3 Å². The zero-order valence-electron chi connectivity index (χ0n) is 13.9. The number of aliphatic hydroxyl groups is 1. The van der Waals surface area contributed by atoms with Gasteiger partial charge in [0.15, 0.2) is 5.96 Å². The zero-order chi connectivity index (χ0) is 17.4. The highest BCUT2D eigenvalue weighted by molar-refractivity contribution is 14.0. The Kier molecular flexibility index (Phi) is 9.77. The summed E-state index contributed by atoms with van der Waals surface area (Å²) in [4.78, 5) is 4.43. The average Bonchev–Trinajstić information content (AvgIpc) is 2.59. The van der Waals surface area contributed by atoms with E-state index < -0.39 is 6.10 Å². The van der Waals surface area contributed by atoms with Gasteiger partial charge in [0.1, 0.15) is 5.82 Å². The Hall–Kier alpha value is -1.38. The minimum absolute atomic E-state index is 0. The third-order valence-electron chi connectivity index (χ3n) is 3.39. The number of guanidine groups is 1. The number of rotatable bonds is 6. The fraction of sp³-hybridized carbons (Fsp3) is 0.278. The number of aliphatic imine (C=N–C) groups is 1. The maximum Gasteiger partial charge on any atom is 0.191 e. The summed E-state index contributed by atoms with van der Waals surface area (Å²) >= 11 is 5.84. The Bertz CT molecular complexity index is 665. The third kappa shape index (κ3) is 7.58. The van der Waals surface area contributed by atoms with Crippen LogP contribution in [0.2, 0.25) is 5.02 Å². The molecule has 0 aliphatic heterocycles. The lowest BCUT2D eigenvalue weighted by atomic mass is 10.1. The molecule has 0 spiro atoms. The molecule has 0 saturated heterocycles. The molecule has 136 valence electrons. The molecule has 4 nitrogen and oxygen atoms in total. The highest BCUT2D eigenvalue weighted by Gasteiger charge is 2.08. The van der Waals surface area contributed by atoms with E-state index in [1.54, 1.807) is 36.4 Å². The molecule has 3 N–H and O–H groups in total. The Morgan fingerprint density at radius 3 is 2.36 bits per heavy atom. The first-order valence-corrected chi connectivity index (χ1v) is 8.16. The first-order valence-electron chi connectivity index (χ1n) is 7.78. The summed E-state index contributed by atoms with van der Waals surface area (Å²) in [5.41, 5.74) is 1.69. The van der Waals surface area contributed by atoms with Crippen molar-refractivity contribution >= 4 is 41.5 Å². The van der Waals surface area contributed by atoms with E-state index in [-0.39, 0.29) is 29.8 Å². The Morgan fingerprint density at radius 1 is 1.12 bits per heavy atom. The van der Waals surface area contributed by atoms with E-state index in [0.29, 0.717) is 30.6 Å². The van der Waals surface area contributed by atoms with Crippen molar-refractivity contribution in [3.8, 4) is 0 Å². The molecule has 7 heteroatoms. The van der Waals surface area contributed by atoms with Crippen LogP contribution in [-0.2, 0) is 6.54 Å². The number of aliphatic hydroxyl groups excluding tert-OH is 1. The molecular formula is C18H22ClFIN3O. The number of benzene rings is 2. The molecule has 0 radical (unpaired) electrons. The Morgan fingerprint density at radius 2 is 1.76 bits per heavy atom. The number of nitrogens with one attached hydrogen (secondary N) is 2. The average molecular weight is 478 g/mol. The first kappa shape index (κ1) is 21.7. The summed E-state index contributed by atoms with van der Waals surface area (Å²) in [6.07, 6.45) is -0.669. The van der Waals surface area contributed by atoms with Crippen molar-refractivity contribution in [1.29, 1.82) is 0 Å². The summed E-state index contributed by atoms with van der Waals surface area (Å²) in [7, 11) is 0. The van der Waals surface area contributed by atoms with Crippen molar-refractivity contribution in [2.45, 2.75) is 19.6 Å². The standard InChI is InChI=1S/C18H21ClFN3O.HI/c1-2-21-18(22-11-13-3-9-16(20)10-4-13)23-12-17(24)14-5-7-15(19)8-6-14;/h3-10,17,24H,2,11-12H2,1H3,(H2,21,22,23);1H. The van der Waals surface area contributed by atoms with Gasteiger partial charge < -0.3 is 15.7 Å². The van der Waals surface area contributed by atoms with E-state index in [1.807, 2.05) is 6.92 Å². The summed E-state index contributed by atoms with van der Waals surface area (Å²) in [6, 6.07) is 13.3. The molecule has 0 bridgehead atoms. The highest BCUT2D eigenvalue weighted by atomic mass is 127. The highest BCUT2D eigenvalue weighted by Crippen LogP contribution is 2.15. The minimum Gasteiger partial charge on any atom is -0.387 e. The van der Waals surface area contributed by atoms with Crippen molar-refractivity contribution in [3.63, 3.8) is 0 Å². The Labute approximate surface area is 169 Å². The second-order valence-electron chi connectivity index (χ2n) is 5.27. The van der Waals surface area contributed by atoms with Crippen LogP contribution >= 0.6 is 35.6 Å². The molecule has 2 aromatic carbocycles. The molecule has 0 heterocycles. The maximum atomic E-state index is 12.9. The molecule has 0 amide bonds. The molecule has 0 saturated carbocycles. The smallest absolute Gasteiger partial charge is 0.191 e. The second kappa shape index (κ2) is 11.3. The van der Waals surface area contributed by atoms with Crippen molar-refractivity contribution in [2.24, 2.45) is 4.99 Å². The van der Waals surface area contributed by atoms with Gasteiger partial charge in [-0.2, -0.15) is 0 Å². The third-order valence-corrected chi connectivity index (χ3v) is 3.65. The quantitative estimate of drug-likeness (QED) is 0.336. The van der Waals surface area contributed by atoms with Crippen LogP contribution in [0.25, 0.3) is 0 Å². The van der Waals surface area contributed by atoms with Crippen LogP contribution in [0.4, 0.5) is 4.39 Å². The van der Waals surface area contributed by atoms with Gasteiger partial charge in [0.25, 0.3) is 0 Å². The zero-order valence-corrected chi connectivity index (χ0v) is 17.0. The largest absolute Gasteiger partial charge is 0.387 e. The minimum atomic E-state index is -0.669. The predicted octanol–water partition coefficient (Wildman–Crippen LogP) is 3.89. The number of hydrogen-bond donors (Lipinski definition) is 3. The summed E-state index contributed by atoms with van der Waals surface area (Å²) in [5, 5.41) is 17.1. The van der Waals surface area contributed by atoms with E-state index in [1.165, 1.54) is 12.1 Å². The summed E-state index contributed by atoms with van der Waals surface area (Å²) in [6.45, 7) is 3.40.